The van der Waals surface area contributed by atoms with Gasteiger partial charge in [0.25, 0.3) is 5.91 Å². The van der Waals surface area contributed by atoms with Gasteiger partial charge in [0.05, 0.1) is 11.4 Å². The highest BCUT2D eigenvalue weighted by atomic mass is 32.1. The molecular formula is C25H26N6O2S. The van der Waals surface area contributed by atoms with Gasteiger partial charge in [0.1, 0.15) is 5.01 Å². The van der Waals surface area contributed by atoms with Crippen molar-refractivity contribution < 1.29 is 9.90 Å². The van der Waals surface area contributed by atoms with Gasteiger partial charge in [0.2, 0.25) is 0 Å². The molecular weight excluding hydrogens is 448 g/mol. The number of amides is 1. The minimum Gasteiger partial charge on any atom is -0.375 e. The maximum absolute atomic E-state index is 12.5. The zero-order chi connectivity index (χ0) is 23.7. The molecule has 4 heterocycles. The highest BCUT2D eigenvalue weighted by Gasteiger charge is 2.45. The van der Waals surface area contributed by atoms with E-state index in [-0.39, 0.29) is 12.2 Å². The molecule has 8 nitrogen and oxygen atoms in total. The van der Waals surface area contributed by atoms with E-state index >= 15 is 0 Å². The first kappa shape index (κ1) is 22.4. The molecule has 0 radical (unpaired) electrons. The Morgan fingerprint density at radius 1 is 1.32 bits per heavy atom. The van der Waals surface area contributed by atoms with Gasteiger partial charge in [-0.1, -0.05) is 24.3 Å². The van der Waals surface area contributed by atoms with Gasteiger partial charge in [-0.15, -0.1) is 11.3 Å². The van der Waals surface area contributed by atoms with Crippen LogP contribution in [-0.2, 0) is 16.9 Å². The van der Waals surface area contributed by atoms with Crippen LogP contribution in [0.4, 0.5) is 0 Å². The number of nitrogens with zero attached hydrogens (tertiary/aromatic N) is 4. The van der Waals surface area contributed by atoms with Gasteiger partial charge in [0.15, 0.2) is 11.9 Å². The van der Waals surface area contributed by atoms with Crippen LogP contribution in [-0.4, -0.2) is 52.0 Å². The molecule has 3 aromatic rings. The summed E-state index contributed by atoms with van der Waals surface area (Å²) in [4.78, 5) is 27.6. The summed E-state index contributed by atoms with van der Waals surface area (Å²) in [5.41, 5.74) is 3.77. The largest absolute Gasteiger partial charge is 0.375 e. The van der Waals surface area contributed by atoms with Crippen LogP contribution in [0.25, 0.3) is 16.3 Å². The van der Waals surface area contributed by atoms with Crippen molar-refractivity contribution >= 4 is 29.2 Å². The Hall–Kier alpha value is -3.40. The number of carbonyl (C=O) groups excluding carboxylic acids is 1. The molecule has 2 atom stereocenters. The third-order valence-corrected chi connectivity index (χ3v) is 7.01. The second-order valence-corrected chi connectivity index (χ2v) is 9.43. The fraction of sp³-hybridized carbons (Fsp3) is 0.280. The molecule has 1 fully saturated rings. The quantitative estimate of drug-likeness (QED) is 0.508. The molecule has 2 aliphatic heterocycles. The fourth-order valence-electron chi connectivity index (χ4n) is 4.08. The molecule has 1 unspecified atom stereocenters. The number of aryl methyl sites for hydroxylation is 1. The first-order chi connectivity index (χ1) is 16.4. The Labute approximate surface area is 202 Å². The second-order valence-electron chi connectivity index (χ2n) is 8.57. The van der Waals surface area contributed by atoms with Crippen molar-refractivity contribution in [2.24, 2.45) is 4.99 Å². The number of benzene rings is 1. The average Bonchev–Trinajstić information content (AvgIpc) is 3.46. The minimum absolute atomic E-state index is 0.264. The van der Waals surface area contributed by atoms with E-state index in [9.17, 15) is 9.90 Å². The zero-order valence-electron chi connectivity index (χ0n) is 19.0. The van der Waals surface area contributed by atoms with Crippen LogP contribution in [0.2, 0.25) is 0 Å². The van der Waals surface area contributed by atoms with E-state index in [0.717, 1.165) is 33.2 Å². The lowest BCUT2D eigenvalue weighted by molar-refractivity contribution is -0.143. The van der Waals surface area contributed by atoms with Gasteiger partial charge >= 0.3 is 0 Å². The van der Waals surface area contributed by atoms with E-state index < -0.39 is 5.60 Å². The van der Waals surface area contributed by atoms with Crippen LogP contribution >= 0.6 is 11.3 Å². The Bertz CT molecular complexity index is 1270. The standard InChI is InChI=1S/C25H26N6O2S/c1-16-6-7-17(13-27-16)14-28-24-26-10-8-20(30-24)21-15-34-22(29-21)18-4-3-5-19(12-18)25(33)9-11-31(2)23(25)32/h3-8,10,12-13,15,24,28,30,33H,9,11,14H2,1-2H3/t24?,25-/m1/s1. The van der Waals surface area contributed by atoms with E-state index in [1.54, 1.807) is 24.2 Å². The highest BCUT2D eigenvalue weighted by Crippen LogP contribution is 2.35. The van der Waals surface area contributed by atoms with E-state index in [2.05, 4.69) is 20.6 Å². The van der Waals surface area contributed by atoms with E-state index in [4.69, 9.17) is 4.98 Å². The number of aromatic nitrogens is 2. The molecule has 0 spiro atoms. The Morgan fingerprint density at radius 3 is 2.97 bits per heavy atom. The number of pyridine rings is 1. The van der Waals surface area contributed by atoms with Crippen molar-refractivity contribution in [2.75, 3.05) is 13.6 Å². The van der Waals surface area contributed by atoms with Gasteiger partial charge < -0.3 is 15.3 Å². The molecule has 1 amide bonds. The predicted octanol–water partition coefficient (Wildman–Crippen LogP) is 2.65. The first-order valence-electron chi connectivity index (χ1n) is 11.1. The Balaban J connectivity index is 1.29. The molecule has 2 aromatic heterocycles. The zero-order valence-corrected chi connectivity index (χ0v) is 19.8. The molecule has 1 aromatic carbocycles. The average molecular weight is 475 g/mol. The summed E-state index contributed by atoms with van der Waals surface area (Å²) in [6, 6.07) is 11.5. The number of rotatable bonds is 6. The van der Waals surface area contributed by atoms with Crippen LogP contribution in [0.1, 0.15) is 28.9 Å². The second kappa shape index (κ2) is 9.09. The van der Waals surface area contributed by atoms with Crippen LogP contribution in [0, 0.1) is 6.92 Å². The number of hydrogen-bond acceptors (Lipinski definition) is 8. The lowest BCUT2D eigenvalue weighted by Gasteiger charge is -2.21. The Morgan fingerprint density at radius 2 is 2.21 bits per heavy atom. The first-order valence-corrected chi connectivity index (χ1v) is 12.0. The number of likely N-dealkylation sites (N-methyl/N-ethyl adjacent to an activating group) is 1. The normalized spacial score (nSPS) is 22.1. The van der Waals surface area contributed by atoms with E-state index in [1.807, 2.05) is 54.9 Å². The topological polar surface area (TPSA) is 103 Å². The number of thiazole rings is 1. The monoisotopic (exact) mass is 474 g/mol. The van der Waals surface area contributed by atoms with Crippen molar-refractivity contribution in [2.45, 2.75) is 31.8 Å². The van der Waals surface area contributed by atoms with Crippen LogP contribution in [0.15, 0.2) is 59.0 Å². The van der Waals surface area contributed by atoms with Gasteiger partial charge in [-0.2, -0.15) is 0 Å². The van der Waals surface area contributed by atoms with Crippen LogP contribution in [0.5, 0.6) is 0 Å². The molecule has 34 heavy (non-hydrogen) atoms. The van der Waals surface area contributed by atoms with E-state index in [1.165, 1.54) is 11.3 Å². The van der Waals surface area contributed by atoms with Crippen molar-refractivity contribution in [1.82, 2.24) is 25.5 Å². The third kappa shape index (κ3) is 4.37. The number of allylic oxidation sites excluding steroid dienone is 1. The molecule has 0 bridgehead atoms. The summed E-state index contributed by atoms with van der Waals surface area (Å²) in [6.45, 7) is 3.15. The summed E-state index contributed by atoms with van der Waals surface area (Å²) in [6.07, 6.45) is 5.65. The minimum atomic E-state index is -1.47. The van der Waals surface area contributed by atoms with Crippen molar-refractivity contribution in [3.8, 4) is 10.6 Å². The highest BCUT2D eigenvalue weighted by molar-refractivity contribution is 7.13. The maximum atomic E-state index is 12.5. The molecule has 9 heteroatoms. The summed E-state index contributed by atoms with van der Waals surface area (Å²) in [5, 5.41) is 20.6. The van der Waals surface area contributed by atoms with Gasteiger partial charge in [-0.05, 0) is 36.3 Å². The Kier molecular flexibility index (Phi) is 5.99. The summed E-state index contributed by atoms with van der Waals surface area (Å²) in [5.74, 6) is -0.264. The number of nitrogens with one attached hydrogen (secondary N) is 2. The number of likely N-dealkylation sites (tertiary alicyclic amines) is 1. The smallest absolute Gasteiger partial charge is 0.258 e. The van der Waals surface area contributed by atoms with Gasteiger partial charge in [-0.25, -0.2) is 4.98 Å². The molecule has 2 aliphatic rings. The SMILES string of the molecule is Cc1ccc(CNC2N=CC=C(c3csc(-c4cccc([C@]5(O)CCN(C)C5=O)c4)n3)N2)cn1. The summed E-state index contributed by atoms with van der Waals surface area (Å²) >= 11 is 1.52. The van der Waals surface area contributed by atoms with Crippen LogP contribution in [0.3, 0.4) is 0 Å². The maximum Gasteiger partial charge on any atom is 0.258 e. The number of aliphatic hydroxyl groups is 1. The van der Waals surface area contributed by atoms with Gasteiger partial charge in [0, 0.05) is 55.6 Å². The molecule has 174 valence electrons. The predicted molar refractivity (Wildman–Crippen MR) is 133 cm³/mol. The fourth-order valence-corrected chi connectivity index (χ4v) is 4.89. The number of aliphatic imine (C=N–C) groups is 1. The van der Waals surface area contributed by atoms with Crippen molar-refractivity contribution in [3.05, 3.63) is 76.6 Å². The van der Waals surface area contributed by atoms with Crippen LogP contribution < -0.4 is 10.6 Å². The molecule has 0 aliphatic carbocycles. The third-order valence-electron chi connectivity index (χ3n) is 6.12. The lowest BCUT2D eigenvalue weighted by atomic mass is 9.91. The van der Waals surface area contributed by atoms with Crippen molar-refractivity contribution in [1.29, 1.82) is 0 Å². The molecule has 3 N–H and O–H groups in total. The number of hydrogen-bond donors (Lipinski definition) is 3. The number of carbonyl (C=O) groups is 1. The van der Waals surface area contributed by atoms with Gasteiger partial charge in [-0.3, -0.25) is 20.1 Å². The lowest BCUT2D eigenvalue weighted by Crippen LogP contribution is -2.41. The van der Waals surface area contributed by atoms with E-state index in [0.29, 0.717) is 25.1 Å². The summed E-state index contributed by atoms with van der Waals surface area (Å²) < 4.78 is 0. The molecule has 0 saturated carbocycles. The molecule has 5 rings (SSSR count). The molecule has 1 saturated heterocycles. The summed E-state index contributed by atoms with van der Waals surface area (Å²) in [7, 11) is 1.71. The van der Waals surface area contributed by atoms with Crippen molar-refractivity contribution in [3.63, 3.8) is 0 Å².